The van der Waals surface area contributed by atoms with Crippen LogP contribution in [-0.4, -0.2) is 39.9 Å². The highest BCUT2D eigenvalue weighted by atomic mass is 127. The normalized spacial score (nSPS) is 37.8. The second kappa shape index (κ2) is 7.31. The molecule has 2 aliphatic heterocycles. The fraction of sp³-hybridized carbons (Fsp3) is 0.600. The lowest BCUT2D eigenvalue weighted by atomic mass is 9.71. The van der Waals surface area contributed by atoms with Gasteiger partial charge in [-0.1, -0.05) is 15.9 Å². The van der Waals surface area contributed by atoms with Crippen LogP contribution in [0, 0.1) is 15.4 Å². The van der Waals surface area contributed by atoms with Gasteiger partial charge in [-0.2, -0.15) is 0 Å². The molecule has 2 fully saturated rings. The van der Waals surface area contributed by atoms with E-state index in [2.05, 4.69) is 60.2 Å². The van der Waals surface area contributed by atoms with Crippen molar-refractivity contribution in [3.63, 3.8) is 0 Å². The molecule has 2 saturated heterocycles. The number of hydrazine groups is 2. The van der Waals surface area contributed by atoms with Crippen LogP contribution in [0.5, 0.6) is 5.75 Å². The Bertz CT molecular complexity index is 579. The summed E-state index contributed by atoms with van der Waals surface area (Å²) < 4.78 is 1.58. The fourth-order valence-electron chi connectivity index (χ4n) is 3.89. The predicted molar refractivity (Wildman–Crippen MR) is 102 cm³/mol. The molecule has 134 valence electrons. The third-order valence-corrected chi connectivity index (χ3v) is 6.33. The maximum Gasteiger partial charge on any atom is 0.132 e. The summed E-state index contributed by atoms with van der Waals surface area (Å²) in [6.07, 6.45) is -1.55. The van der Waals surface area contributed by atoms with Crippen LogP contribution in [0.2, 0.25) is 0 Å². The van der Waals surface area contributed by atoms with Crippen molar-refractivity contribution in [3.8, 4) is 5.75 Å². The van der Waals surface area contributed by atoms with Crippen molar-refractivity contribution in [2.24, 2.45) is 11.8 Å². The highest BCUT2D eigenvalue weighted by Crippen LogP contribution is 2.46. The quantitative estimate of drug-likeness (QED) is 0.299. The lowest BCUT2D eigenvalue weighted by molar-refractivity contribution is 0.0391. The second-order valence-corrected chi connectivity index (χ2v) is 8.63. The van der Waals surface area contributed by atoms with Crippen LogP contribution in [0.3, 0.4) is 0 Å². The van der Waals surface area contributed by atoms with Gasteiger partial charge >= 0.3 is 0 Å². The average Bonchev–Trinajstić information content (AvgIpc) is 3.01. The smallest absolute Gasteiger partial charge is 0.132 e. The molecule has 7 N–H and O–H groups in total. The van der Waals surface area contributed by atoms with Crippen molar-refractivity contribution < 1.29 is 15.3 Å². The van der Waals surface area contributed by atoms with E-state index in [1.165, 1.54) is 0 Å². The van der Waals surface area contributed by atoms with E-state index in [0.29, 0.717) is 0 Å². The number of benzene rings is 1. The van der Waals surface area contributed by atoms with Gasteiger partial charge in [0.15, 0.2) is 0 Å². The largest absolute Gasteiger partial charge is 0.507 e. The maximum absolute atomic E-state index is 10.7. The highest BCUT2D eigenvalue weighted by molar-refractivity contribution is 14.1. The molecule has 7 nitrogen and oxygen atoms in total. The molecule has 24 heavy (non-hydrogen) atoms. The van der Waals surface area contributed by atoms with Crippen LogP contribution in [0.15, 0.2) is 16.6 Å². The van der Waals surface area contributed by atoms with Gasteiger partial charge < -0.3 is 15.3 Å². The first kappa shape index (κ1) is 18.8. The Morgan fingerprint density at radius 2 is 1.50 bits per heavy atom. The van der Waals surface area contributed by atoms with Crippen LogP contribution >= 0.6 is 38.5 Å². The molecule has 0 radical (unpaired) electrons. The number of aliphatic hydroxyl groups excluding tert-OH is 2. The minimum atomic E-state index is -0.777. The monoisotopic (exact) mass is 512 g/mol. The third-order valence-electron chi connectivity index (χ3n) is 5.05. The molecular formula is C15H22BrIN4O3. The first-order valence-corrected chi connectivity index (χ1v) is 9.74. The summed E-state index contributed by atoms with van der Waals surface area (Å²) in [6, 6.07) is 3.66. The lowest BCUT2D eigenvalue weighted by Crippen LogP contribution is -2.41. The molecule has 0 spiro atoms. The van der Waals surface area contributed by atoms with Gasteiger partial charge in [-0.3, -0.25) is 10.9 Å². The van der Waals surface area contributed by atoms with Crippen LogP contribution < -0.4 is 21.7 Å². The van der Waals surface area contributed by atoms with E-state index in [-0.39, 0.29) is 35.6 Å². The van der Waals surface area contributed by atoms with Crippen molar-refractivity contribution in [1.82, 2.24) is 21.7 Å². The summed E-state index contributed by atoms with van der Waals surface area (Å²) in [5.74, 6) is -0.507. The number of halogens is 2. The first-order chi connectivity index (χ1) is 11.3. The molecule has 2 aliphatic rings. The molecule has 9 heteroatoms. The fourth-order valence-corrected chi connectivity index (χ4v) is 5.44. The Morgan fingerprint density at radius 3 is 1.92 bits per heavy atom. The van der Waals surface area contributed by atoms with Gasteiger partial charge in [0.2, 0.25) is 0 Å². The van der Waals surface area contributed by atoms with Crippen LogP contribution in [0.25, 0.3) is 0 Å². The van der Waals surface area contributed by atoms with E-state index < -0.39 is 12.5 Å². The zero-order chi connectivity index (χ0) is 17.6. The minimum Gasteiger partial charge on any atom is -0.507 e. The minimum absolute atomic E-state index is 0.0268. The second-order valence-electron chi connectivity index (χ2n) is 6.55. The van der Waals surface area contributed by atoms with Crippen molar-refractivity contribution in [3.05, 3.63) is 25.7 Å². The first-order valence-electron chi connectivity index (χ1n) is 7.87. The number of aromatic hydroxyl groups is 1. The van der Waals surface area contributed by atoms with E-state index in [4.69, 9.17) is 0 Å². The summed E-state index contributed by atoms with van der Waals surface area (Å²) in [6.45, 7) is 3.96. The number of phenols is 1. The molecule has 0 aliphatic carbocycles. The standard InChI is InChI=1S/C15H22BrIN4O3/c1-5-10(14(23)20-18-5)12(11-6(2)19-21-15(11)24)8-3-7(16)4-9(17)13(8)22/h3-6,10-12,14-15,18-24H,1-2H3. The van der Waals surface area contributed by atoms with Gasteiger partial charge in [0.25, 0.3) is 0 Å². The van der Waals surface area contributed by atoms with Crippen molar-refractivity contribution >= 4 is 38.5 Å². The SMILES string of the molecule is CC1NNC(O)C1C(c1cc(Br)cc(I)c1O)C1C(C)NNC1O. The molecule has 1 aromatic rings. The zero-order valence-corrected chi connectivity index (χ0v) is 17.0. The molecule has 0 aromatic heterocycles. The number of hydrogen-bond donors (Lipinski definition) is 7. The summed E-state index contributed by atoms with van der Waals surface area (Å²) in [7, 11) is 0. The van der Waals surface area contributed by atoms with Gasteiger partial charge in [0.1, 0.15) is 18.2 Å². The summed E-state index contributed by atoms with van der Waals surface area (Å²) in [5.41, 5.74) is 12.5. The molecule has 6 atom stereocenters. The van der Waals surface area contributed by atoms with Gasteiger partial charge in [-0.05, 0) is 48.6 Å². The van der Waals surface area contributed by atoms with Crippen LogP contribution in [-0.2, 0) is 0 Å². The number of hydrogen-bond acceptors (Lipinski definition) is 7. The molecule has 1 aromatic carbocycles. The maximum atomic E-state index is 10.7. The molecular weight excluding hydrogens is 491 g/mol. The molecule has 3 rings (SSSR count). The highest BCUT2D eigenvalue weighted by Gasteiger charge is 2.48. The molecule has 0 amide bonds. The molecule has 0 bridgehead atoms. The Morgan fingerprint density at radius 1 is 1.00 bits per heavy atom. The van der Waals surface area contributed by atoms with Gasteiger partial charge in [-0.25, -0.2) is 10.9 Å². The van der Waals surface area contributed by atoms with Gasteiger partial charge in [0, 0.05) is 39.9 Å². The van der Waals surface area contributed by atoms with E-state index in [0.717, 1.165) is 13.6 Å². The van der Waals surface area contributed by atoms with E-state index in [1.807, 2.05) is 26.0 Å². The van der Waals surface area contributed by atoms with E-state index >= 15 is 0 Å². The van der Waals surface area contributed by atoms with Crippen molar-refractivity contribution in [1.29, 1.82) is 0 Å². The lowest BCUT2D eigenvalue weighted by Gasteiger charge is -2.36. The predicted octanol–water partition coefficient (Wildman–Crippen LogP) is 0.705. The Labute approximate surface area is 162 Å². The van der Waals surface area contributed by atoms with Crippen LogP contribution in [0.4, 0.5) is 0 Å². The van der Waals surface area contributed by atoms with Gasteiger partial charge in [-0.15, -0.1) is 0 Å². The number of aliphatic hydroxyl groups is 2. The Kier molecular flexibility index (Phi) is 5.72. The third kappa shape index (κ3) is 3.32. The summed E-state index contributed by atoms with van der Waals surface area (Å²) in [4.78, 5) is 0. The average molecular weight is 513 g/mol. The topological polar surface area (TPSA) is 109 Å². The van der Waals surface area contributed by atoms with E-state index in [1.54, 1.807) is 0 Å². The number of rotatable bonds is 3. The number of phenolic OH excluding ortho intramolecular Hbond substituents is 1. The molecule has 6 unspecified atom stereocenters. The van der Waals surface area contributed by atoms with Gasteiger partial charge in [0.05, 0.1) is 3.57 Å². The van der Waals surface area contributed by atoms with E-state index in [9.17, 15) is 15.3 Å². The Balaban J connectivity index is 2.12. The Hall–Kier alpha value is -0.0100. The molecule has 2 heterocycles. The molecule has 0 saturated carbocycles. The number of nitrogens with one attached hydrogen (secondary N) is 4. The van der Waals surface area contributed by atoms with Crippen molar-refractivity contribution in [2.45, 2.75) is 44.3 Å². The summed E-state index contributed by atoms with van der Waals surface area (Å²) in [5, 5.41) is 31.6. The van der Waals surface area contributed by atoms with Crippen molar-refractivity contribution in [2.75, 3.05) is 0 Å². The zero-order valence-electron chi connectivity index (χ0n) is 13.3. The summed E-state index contributed by atoms with van der Waals surface area (Å²) >= 11 is 5.58. The van der Waals surface area contributed by atoms with Crippen LogP contribution in [0.1, 0.15) is 25.3 Å².